The summed E-state index contributed by atoms with van der Waals surface area (Å²) in [6.07, 6.45) is -0.219. The van der Waals surface area contributed by atoms with Gasteiger partial charge >= 0.3 is 5.97 Å². The molecule has 118 valence electrons. The number of carbonyl (C=O) groups is 2. The molecule has 0 radical (unpaired) electrons. The summed E-state index contributed by atoms with van der Waals surface area (Å²) >= 11 is 5.92. The number of primary amides is 1. The fourth-order valence-corrected chi connectivity index (χ4v) is 2.56. The molecule has 0 fully saturated rings. The van der Waals surface area contributed by atoms with Crippen LogP contribution >= 0.6 is 11.6 Å². The van der Waals surface area contributed by atoms with Crippen molar-refractivity contribution in [3.63, 3.8) is 0 Å². The van der Waals surface area contributed by atoms with Crippen molar-refractivity contribution < 1.29 is 19.1 Å². The summed E-state index contributed by atoms with van der Waals surface area (Å²) < 4.78 is 10.8. The number of fused-ring (bicyclic) bond motifs is 1. The second-order valence-corrected chi connectivity index (χ2v) is 5.67. The number of hydrogen-bond acceptors (Lipinski definition) is 4. The average Bonchev–Trinajstić information content (AvgIpc) is 2.96. The fraction of sp³-hybridized carbons (Fsp3) is 0.176. The van der Waals surface area contributed by atoms with Crippen LogP contribution in [-0.2, 0) is 22.6 Å². The zero-order chi connectivity index (χ0) is 16.4. The van der Waals surface area contributed by atoms with E-state index in [9.17, 15) is 9.59 Å². The third-order valence-electron chi connectivity index (χ3n) is 3.58. The monoisotopic (exact) mass is 331 g/mol. The molecule has 1 amide bonds. The Kier molecular flexibility index (Phi) is 4.21. The highest BCUT2D eigenvalue weighted by Gasteiger charge is 2.30. The number of rotatable bonds is 4. The number of carbonyl (C=O) groups excluding carboxylic acids is 2. The highest BCUT2D eigenvalue weighted by Crippen LogP contribution is 2.31. The van der Waals surface area contributed by atoms with Gasteiger partial charge in [0.05, 0.1) is 0 Å². The maximum Gasteiger partial charge on any atom is 0.348 e. The zero-order valence-corrected chi connectivity index (χ0v) is 12.9. The van der Waals surface area contributed by atoms with E-state index in [1.807, 2.05) is 0 Å². The molecule has 2 aromatic rings. The summed E-state index contributed by atoms with van der Waals surface area (Å²) in [6, 6.07) is 11.8. The summed E-state index contributed by atoms with van der Waals surface area (Å²) in [5.74, 6) is -0.275. The fourth-order valence-electron chi connectivity index (χ4n) is 2.36. The molecular weight excluding hydrogens is 318 g/mol. The van der Waals surface area contributed by atoms with E-state index in [0.29, 0.717) is 22.8 Å². The number of esters is 1. The van der Waals surface area contributed by atoms with Gasteiger partial charge in [0.2, 0.25) is 5.91 Å². The van der Waals surface area contributed by atoms with E-state index in [0.717, 1.165) is 11.1 Å². The Labute approximate surface area is 138 Å². The van der Waals surface area contributed by atoms with E-state index in [2.05, 4.69) is 0 Å². The number of halogens is 1. The first-order valence-electron chi connectivity index (χ1n) is 7.03. The van der Waals surface area contributed by atoms with E-state index in [-0.39, 0.29) is 6.61 Å². The van der Waals surface area contributed by atoms with Gasteiger partial charge in [0.15, 0.2) is 6.10 Å². The zero-order valence-electron chi connectivity index (χ0n) is 12.1. The van der Waals surface area contributed by atoms with Crippen molar-refractivity contribution in [3.05, 3.63) is 64.2 Å². The Hall–Kier alpha value is -2.53. The second kappa shape index (κ2) is 6.30. The highest BCUT2D eigenvalue weighted by atomic mass is 35.5. The predicted molar refractivity (Wildman–Crippen MR) is 84.3 cm³/mol. The molecular formula is C17H14ClNO4. The Bertz CT molecular complexity index is 758. The Morgan fingerprint density at radius 3 is 2.65 bits per heavy atom. The maximum absolute atomic E-state index is 12.1. The Morgan fingerprint density at radius 2 is 1.96 bits per heavy atom. The van der Waals surface area contributed by atoms with E-state index in [4.69, 9.17) is 26.8 Å². The van der Waals surface area contributed by atoms with Crippen molar-refractivity contribution in [1.29, 1.82) is 0 Å². The molecule has 2 N–H and O–H groups in total. The maximum atomic E-state index is 12.1. The number of benzene rings is 2. The molecule has 0 bridgehead atoms. The number of ether oxygens (including phenoxy) is 2. The van der Waals surface area contributed by atoms with Crippen LogP contribution in [0.15, 0.2) is 42.5 Å². The topological polar surface area (TPSA) is 78.6 Å². The Balaban J connectivity index is 1.57. The van der Waals surface area contributed by atoms with Crippen LogP contribution in [0.3, 0.4) is 0 Å². The van der Waals surface area contributed by atoms with Crippen LogP contribution in [0.2, 0.25) is 5.02 Å². The molecule has 23 heavy (non-hydrogen) atoms. The third kappa shape index (κ3) is 3.46. The van der Waals surface area contributed by atoms with Gasteiger partial charge in [-0.15, -0.1) is 0 Å². The largest absolute Gasteiger partial charge is 0.478 e. The van der Waals surface area contributed by atoms with Gasteiger partial charge in [0, 0.05) is 17.0 Å². The molecule has 1 aliphatic heterocycles. The van der Waals surface area contributed by atoms with Gasteiger partial charge in [-0.05, 0) is 41.5 Å². The van der Waals surface area contributed by atoms with E-state index in [1.165, 1.54) is 0 Å². The third-order valence-corrected chi connectivity index (χ3v) is 3.81. The first kappa shape index (κ1) is 15.4. The normalized spacial score (nSPS) is 15.6. The molecule has 0 aromatic heterocycles. The van der Waals surface area contributed by atoms with Crippen molar-refractivity contribution in [1.82, 2.24) is 0 Å². The minimum absolute atomic E-state index is 0.106. The molecule has 0 unspecified atom stereocenters. The van der Waals surface area contributed by atoms with E-state index < -0.39 is 18.0 Å². The summed E-state index contributed by atoms with van der Waals surface area (Å²) in [5, 5.41) is 0.607. The van der Waals surface area contributed by atoms with E-state index >= 15 is 0 Å². The summed E-state index contributed by atoms with van der Waals surface area (Å²) in [7, 11) is 0. The number of hydrogen-bond donors (Lipinski definition) is 1. The van der Waals surface area contributed by atoms with Crippen molar-refractivity contribution in [2.24, 2.45) is 5.73 Å². The van der Waals surface area contributed by atoms with Gasteiger partial charge < -0.3 is 15.2 Å². The molecule has 0 saturated heterocycles. The molecule has 3 rings (SSSR count). The molecule has 2 aromatic carbocycles. The quantitative estimate of drug-likeness (QED) is 0.873. The molecule has 5 nitrogen and oxygen atoms in total. The standard InChI is InChI=1S/C17H14ClNO4/c18-13-5-6-14-12(7-13)8-15(23-14)17(21)22-9-10-1-3-11(4-2-10)16(19)20/h1-7,15H,8-9H2,(H2,19,20)/t15-/m0/s1. The van der Waals surface area contributed by atoms with Crippen molar-refractivity contribution in [3.8, 4) is 5.75 Å². The van der Waals surface area contributed by atoms with Crippen LogP contribution in [0.5, 0.6) is 5.75 Å². The van der Waals surface area contributed by atoms with Crippen LogP contribution in [0.1, 0.15) is 21.5 Å². The lowest BCUT2D eigenvalue weighted by molar-refractivity contribution is -0.152. The molecule has 0 saturated carbocycles. The molecule has 1 atom stereocenters. The van der Waals surface area contributed by atoms with Crippen LogP contribution in [-0.4, -0.2) is 18.0 Å². The second-order valence-electron chi connectivity index (χ2n) is 5.23. The number of nitrogens with two attached hydrogens (primary N) is 1. The van der Waals surface area contributed by atoms with Crippen LogP contribution < -0.4 is 10.5 Å². The molecule has 0 spiro atoms. The van der Waals surface area contributed by atoms with Gasteiger partial charge in [0.25, 0.3) is 0 Å². The van der Waals surface area contributed by atoms with Crippen LogP contribution in [0.4, 0.5) is 0 Å². The molecule has 0 aliphatic carbocycles. The Morgan fingerprint density at radius 1 is 1.22 bits per heavy atom. The van der Waals surface area contributed by atoms with Gasteiger partial charge in [-0.2, -0.15) is 0 Å². The molecule has 6 heteroatoms. The van der Waals surface area contributed by atoms with Gasteiger partial charge in [-0.3, -0.25) is 4.79 Å². The molecule has 1 aliphatic rings. The van der Waals surface area contributed by atoms with Gasteiger partial charge in [-0.25, -0.2) is 4.79 Å². The smallest absolute Gasteiger partial charge is 0.348 e. The summed E-state index contributed by atoms with van der Waals surface area (Å²) in [6.45, 7) is 0.106. The number of amides is 1. The lowest BCUT2D eigenvalue weighted by Crippen LogP contribution is -2.27. The lowest BCUT2D eigenvalue weighted by Gasteiger charge is -2.10. The first-order chi connectivity index (χ1) is 11.0. The highest BCUT2D eigenvalue weighted by molar-refractivity contribution is 6.30. The van der Waals surface area contributed by atoms with Crippen LogP contribution in [0, 0.1) is 0 Å². The minimum atomic E-state index is -0.659. The summed E-state index contributed by atoms with van der Waals surface area (Å²) in [5.41, 5.74) is 7.24. The van der Waals surface area contributed by atoms with Gasteiger partial charge in [0.1, 0.15) is 12.4 Å². The average molecular weight is 332 g/mol. The SMILES string of the molecule is NC(=O)c1ccc(COC(=O)[C@@H]2Cc3cc(Cl)ccc3O2)cc1. The van der Waals surface area contributed by atoms with Gasteiger partial charge in [-0.1, -0.05) is 23.7 Å². The van der Waals surface area contributed by atoms with Crippen LogP contribution in [0.25, 0.3) is 0 Å². The van der Waals surface area contributed by atoms with Crippen molar-refractivity contribution in [2.75, 3.05) is 0 Å². The van der Waals surface area contributed by atoms with E-state index in [1.54, 1.807) is 42.5 Å². The lowest BCUT2D eigenvalue weighted by atomic mass is 10.1. The minimum Gasteiger partial charge on any atom is -0.478 e. The first-order valence-corrected chi connectivity index (χ1v) is 7.41. The van der Waals surface area contributed by atoms with Crippen molar-refractivity contribution in [2.45, 2.75) is 19.1 Å². The summed E-state index contributed by atoms with van der Waals surface area (Å²) in [4.78, 5) is 23.1. The molecule has 1 heterocycles. The predicted octanol–water partition coefficient (Wildman–Crippen LogP) is 2.49. The van der Waals surface area contributed by atoms with Crippen molar-refractivity contribution >= 4 is 23.5 Å².